The molecular weight excluding hydrogens is 326 g/mol. The van der Waals surface area contributed by atoms with Gasteiger partial charge in [-0.2, -0.15) is 0 Å². The molecule has 9 heteroatoms. The van der Waals surface area contributed by atoms with Crippen molar-refractivity contribution < 1.29 is 17.9 Å². The molecule has 0 aromatic carbocycles. The number of ether oxygens (including phenoxy) is 1. The fourth-order valence-corrected chi connectivity index (χ4v) is 3.93. The lowest BCUT2D eigenvalue weighted by atomic mass is 9.83. The van der Waals surface area contributed by atoms with Gasteiger partial charge in [-0.25, -0.2) is 18.1 Å². The van der Waals surface area contributed by atoms with Crippen LogP contribution >= 0.6 is 11.3 Å². The van der Waals surface area contributed by atoms with Crippen molar-refractivity contribution in [1.29, 1.82) is 0 Å². The van der Waals surface area contributed by atoms with E-state index in [-0.39, 0.29) is 17.4 Å². The van der Waals surface area contributed by atoms with E-state index in [0.29, 0.717) is 31.9 Å². The molecule has 0 aliphatic carbocycles. The van der Waals surface area contributed by atoms with Crippen LogP contribution in [0, 0.1) is 5.92 Å². The van der Waals surface area contributed by atoms with Gasteiger partial charge < -0.3 is 9.64 Å². The average molecular weight is 345 g/mol. The molecule has 1 amide bonds. The van der Waals surface area contributed by atoms with Gasteiger partial charge in [-0.1, -0.05) is 0 Å². The Morgan fingerprint density at radius 2 is 2.36 bits per heavy atom. The number of hydrogen-bond donors (Lipinski definition) is 1. The third-order valence-corrected chi connectivity index (χ3v) is 5.44. The maximum atomic E-state index is 12.1. The second-order valence-electron chi connectivity index (χ2n) is 6.05. The topological polar surface area (TPSA) is 88.6 Å². The smallest absolute Gasteiger partial charge is 0.273 e. The molecule has 1 atom stereocenters. The van der Waals surface area contributed by atoms with Gasteiger partial charge in [0.15, 0.2) is 0 Å². The van der Waals surface area contributed by atoms with Crippen LogP contribution in [0.1, 0.15) is 23.3 Å². The predicted molar refractivity (Wildman–Crippen MR) is 82.3 cm³/mol. The highest BCUT2D eigenvalue weighted by Gasteiger charge is 2.48. The van der Waals surface area contributed by atoms with Crippen LogP contribution in [0.15, 0.2) is 10.9 Å². The van der Waals surface area contributed by atoms with Gasteiger partial charge in [-0.3, -0.25) is 4.79 Å². The zero-order valence-corrected chi connectivity index (χ0v) is 14.0. The minimum absolute atomic E-state index is 0.0451. The molecule has 22 heavy (non-hydrogen) atoms. The highest BCUT2D eigenvalue weighted by atomic mass is 32.2. The van der Waals surface area contributed by atoms with Gasteiger partial charge >= 0.3 is 0 Å². The first-order chi connectivity index (χ1) is 10.4. The SMILES string of the molecule is CS(=O)(=O)NCC1CCC2(CN(C(=O)c3cscn3)C2)OC1. The summed E-state index contributed by atoms with van der Waals surface area (Å²) >= 11 is 1.41. The summed E-state index contributed by atoms with van der Waals surface area (Å²) in [6, 6.07) is 0. The van der Waals surface area contributed by atoms with Gasteiger partial charge in [-0.15, -0.1) is 11.3 Å². The van der Waals surface area contributed by atoms with Crippen LogP contribution in [0.3, 0.4) is 0 Å². The van der Waals surface area contributed by atoms with Crippen molar-refractivity contribution in [2.45, 2.75) is 18.4 Å². The number of amides is 1. The maximum absolute atomic E-state index is 12.1. The van der Waals surface area contributed by atoms with Gasteiger partial charge in [-0.05, 0) is 18.8 Å². The van der Waals surface area contributed by atoms with Gasteiger partial charge in [0.1, 0.15) is 11.3 Å². The molecule has 0 radical (unpaired) electrons. The summed E-state index contributed by atoms with van der Waals surface area (Å²) in [5, 5.41) is 1.75. The fraction of sp³-hybridized carbons (Fsp3) is 0.692. The summed E-state index contributed by atoms with van der Waals surface area (Å²) in [4.78, 5) is 17.9. The largest absolute Gasteiger partial charge is 0.371 e. The molecule has 0 saturated carbocycles. The number of rotatable bonds is 4. The normalized spacial score (nSPS) is 24.2. The molecule has 1 N–H and O–H groups in total. The molecule has 2 saturated heterocycles. The molecule has 2 fully saturated rings. The highest BCUT2D eigenvalue weighted by molar-refractivity contribution is 7.88. The number of thiazole rings is 1. The van der Waals surface area contributed by atoms with E-state index in [9.17, 15) is 13.2 Å². The molecule has 1 aromatic rings. The minimum atomic E-state index is -3.15. The van der Waals surface area contributed by atoms with Crippen LogP contribution in [0.5, 0.6) is 0 Å². The zero-order valence-electron chi connectivity index (χ0n) is 12.3. The molecule has 3 heterocycles. The van der Waals surface area contributed by atoms with Crippen LogP contribution < -0.4 is 4.72 Å². The minimum Gasteiger partial charge on any atom is -0.371 e. The molecular formula is C13H19N3O4S2. The van der Waals surface area contributed by atoms with Crippen LogP contribution in [0.4, 0.5) is 0 Å². The fourth-order valence-electron chi connectivity index (χ4n) is 2.87. The number of carbonyl (C=O) groups excluding carboxylic acids is 1. The van der Waals surface area contributed by atoms with E-state index in [1.165, 1.54) is 11.3 Å². The van der Waals surface area contributed by atoms with E-state index >= 15 is 0 Å². The summed E-state index contributed by atoms with van der Waals surface area (Å²) in [5.74, 6) is 0.153. The second-order valence-corrected chi connectivity index (χ2v) is 8.61. The van der Waals surface area contributed by atoms with Crippen LogP contribution in [0.2, 0.25) is 0 Å². The van der Waals surface area contributed by atoms with Gasteiger partial charge in [0.2, 0.25) is 10.0 Å². The Bertz CT molecular complexity index is 628. The van der Waals surface area contributed by atoms with Crippen molar-refractivity contribution in [3.63, 3.8) is 0 Å². The first-order valence-corrected chi connectivity index (χ1v) is 9.96. The van der Waals surface area contributed by atoms with E-state index in [1.807, 2.05) is 0 Å². The average Bonchev–Trinajstić information content (AvgIpc) is 2.96. The molecule has 2 aliphatic rings. The Morgan fingerprint density at radius 3 is 2.91 bits per heavy atom. The molecule has 1 aromatic heterocycles. The first kappa shape index (κ1) is 15.9. The van der Waals surface area contributed by atoms with Crippen molar-refractivity contribution in [1.82, 2.24) is 14.6 Å². The Kier molecular flexibility index (Phi) is 4.23. The number of carbonyl (C=O) groups is 1. The molecule has 1 unspecified atom stereocenters. The first-order valence-electron chi connectivity index (χ1n) is 7.13. The lowest BCUT2D eigenvalue weighted by molar-refractivity contribution is -0.166. The second kappa shape index (κ2) is 5.88. The van der Waals surface area contributed by atoms with Gasteiger partial charge in [0, 0.05) is 11.9 Å². The van der Waals surface area contributed by atoms with Crippen molar-refractivity contribution in [2.24, 2.45) is 5.92 Å². The maximum Gasteiger partial charge on any atom is 0.273 e. The number of hydrogen-bond acceptors (Lipinski definition) is 6. The van der Waals surface area contributed by atoms with E-state index in [0.717, 1.165) is 19.1 Å². The number of nitrogens with zero attached hydrogens (tertiary/aromatic N) is 2. The van der Waals surface area contributed by atoms with Crippen molar-refractivity contribution in [2.75, 3.05) is 32.5 Å². The lowest BCUT2D eigenvalue weighted by Gasteiger charge is -2.52. The number of nitrogens with one attached hydrogen (secondary N) is 1. The molecule has 7 nitrogen and oxygen atoms in total. The van der Waals surface area contributed by atoms with E-state index in [4.69, 9.17) is 4.74 Å². The molecule has 122 valence electrons. The highest BCUT2D eigenvalue weighted by Crippen LogP contribution is 2.36. The Hall–Kier alpha value is -1.03. The van der Waals surface area contributed by atoms with Crippen molar-refractivity contribution >= 4 is 27.3 Å². The molecule has 1 spiro atoms. The monoisotopic (exact) mass is 345 g/mol. The van der Waals surface area contributed by atoms with Crippen molar-refractivity contribution in [3.05, 3.63) is 16.6 Å². The van der Waals surface area contributed by atoms with Crippen molar-refractivity contribution in [3.8, 4) is 0 Å². The third-order valence-electron chi connectivity index (χ3n) is 4.16. The summed E-state index contributed by atoms with van der Waals surface area (Å²) in [7, 11) is -3.15. The van der Waals surface area contributed by atoms with Gasteiger partial charge in [0.05, 0.1) is 31.5 Å². The molecule has 2 aliphatic heterocycles. The van der Waals surface area contributed by atoms with E-state index < -0.39 is 10.0 Å². The Morgan fingerprint density at radius 1 is 1.59 bits per heavy atom. The van der Waals surface area contributed by atoms with Gasteiger partial charge in [0.25, 0.3) is 5.91 Å². The standard InChI is InChI=1S/C13H19N3O4S2/c1-22(18,19)15-4-10-2-3-13(20-5-10)7-16(8-13)12(17)11-6-21-9-14-11/h6,9-10,15H,2-5,7-8H2,1H3. The predicted octanol–water partition coefficient (Wildman–Crippen LogP) is 0.313. The summed E-state index contributed by atoms with van der Waals surface area (Å²) in [5.41, 5.74) is 1.90. The summed E-state index contributed by atoms with van der Waals surface area (Å²) in [6.45, 7) is 2.13. The quantitative estimate of drug-likeness (QED) is 0.849. The third kappa shape index (κ3) is 3.48. The molecule has 0 bridgehead atoms. The molecule has 3 rings (SSSR count). The number of aromatic nitrogens is 1. The van der Waals surface area contributed by atoms with Crippen LogP contribution in [-0.2, 0) is 14.8 Å². The summed E-state index contributed by atoms with van der Waals surface area (Å²) in [6.07, 6.45) is 2.91. The Labute approximate surface area is 133 Å². The summed E-state index contributed by atoms with van der Waals surface area (Å²) < 4.78 is 30.6. The zero-order chi connectivity index (χ0) is 15.8. The number of likely N-dealkylation sites (tertiary alicyclic amines) is 1. The Balaban J connectivity index is 1.46. The lowest BCUT2D eigenvalue weighted by Crippen LogP contribution is -2.66. The van der Waals surface area contributed by atoms with Crippen LogP contribution in [-0.4, -0.2) is 62.3 Å². The van der Waals surface area contributed by atoms with E-state index in [2.05, 4.69) is 9.71 Å². The van der Waals surface area contributed by atoms with Crippen LogP contribution in [0.25, 0.3) is 0 Å². The number of sulfonamides is 1. The van der Waals surface area contributed by atoms with E-state index in [1.54, 1.807) is 15.8 Å².